The van der Waals surface area contributed by atoms with E-state index >= 15 is 0 Å². The number of hydrogen-bond acceptors (Lipinski definition) is 7. The van der Waals surface area contributed by atoms with Crippen LogP contribution in [0.3, 0.4) is 0 Å². The van der Waals surface area contributed by atoms with Gasteiger partial charge in [0.2, 0.25) is 10.0 Å². The van der Waals surface area contributed by atoms with E-state index in [9.17, 15) is 13.2 Å². The third-order valence-electron chi connectivity index (χ3n) is 5.89. The number of thioether (sulfide) groups is 1. The third-order valence-corrected chi connectivity index (χ3v) is 9.92. The van der Waals surface area contributed by atoms with Gasteiger partial charge in [-0.25, -0.2) is 18.4 Å². The van der Waals surface area contributed by atoms with Crippen LogP contribution in [0.5, 0.6) is 0 Å². The summed E-state index contributed by atoms with van der Waals surface area (Å²) in [6.45, 7) is 1.15. The number of thiophene rings is 1. The minimum Gasteiger partial charge on any atom is -0.309 e. The monoisotopic (exact) mass is 476 g/mol. The van der Waals surface area contributed by atoms with Crippen LogP contribution >= 0.6 is 23.1 Å². The second-order valence-corrected chi connectivity index (χ2v) is 12.0. The zero-order valence-corrected chi connectivity index (χ0v) is 19.5. The summed E-state index contributed by atoms with van der Waals surface area (Å²) in [5.41, 5.74) is 1.11. The fourth-order valence-corrected chi connectivity index (χ4v) is 7.75. The van der Waals surface area contributed by atoms with Crippen LogP contribution < -0.4 is 5.56 Å². The lowest BCUT2D eigenvalue weighted by atomic mass is 10.2. The molecule has 5 rings (SSSR count). The van der Waals surface area contributed by atoms with Gasteiger partial charge in [-0.05, 0) is 49.8 Å². The van der Waals surface area contributed by atoms with Gasteiger partial charge >= 0.3 is 0 Å². The molecule has 2 aliphatic rings. The normalized spacial score (nSPS) is 17.7. The van der Waals surface area contributed by atoms with Crippen molar-refractivity contribution >= 4 is 43.3 Å². The van der Waals surface area contributed by atoms with E-state index in [1.165, 1.54) is 28.4 Å². The number of aryl methyl sites for hydroxylation is 2. The SMILES string of the molecule is O=c1[nH]c(CSc2ccc(S(=O)(=O)N3CCCCCC3)cn2)nc2sc3c(c12)CCC3. The maximum atomic E-state index is 12.9. The van der Waals surface area contributed by atoms with Gasteiger partial charge in [-0.2, -0.15) is 4.31 Å². The molecule has 0 amide bonds. The molecule has 0 aromatic carbocycles. The molecule has 1 fully saturated rings. The molecule has 0 saturated carbocycles. The number of sulfonamides is 1. The van der Waals surface area contributed by atoms with E-state index in [2.05, 4.69) is 15.0 Å². The van der Waals surface area contributed by atoms with Crippen molar-refractivity contribution in [2.75, 3.05) is 13.1 Å². The van der Waals surface area contributed by atoms with Crippen LogP contribution in [0.4, 0.5) is 0 Å². The summed E-state index contributed by atoms with van der Waals surface area (Å²) >= 11 is 3.06. The van der Waals surface area contributed by atoms with Crippen LogP contribution in [-0.2, 0) is 28.6 Å². The van der Waals surface area contributed by atoms with Crippen LogP contribution in [0.2, 0.25) is 0 Å². The van der Waals surface area contributed by atoms with E-state index < -0.39 is 10.0 Å². The highest BCUT2D eigenvalue weighted by Gasteiger charge is 2.25. The molecular weight excluding hydrogens is 452 g/mol. The topological polar surface area (TPSA) is 96.0 Å². The van der Waals surface area contributed by atoms with E-state index in [-0.39, 0.29) is 10.5 Å². The van der Waals surface area contributed by atoms with Crippen molar-refractivity contribution in [3.8, 4) is 0 Å². The Labute approximate surface area is 189 Å². The Morgan fingerprint density at radius 2 is 1.90 bits per heavy atom. The predicted octanol–water partition coefficient (Wildman–Crippen LogP) is 3.73. The molecule has 3 aromatic heterocycles. The number of rotatable bonds is 5. The van der Waals surface area contributed by atoms with E-state index in [1.54, 1.807) is 27.8 Å². The summed E-state index contributed by atoms with van der Waals surface area (Å²) < 4.78 is 27.3. The average molecular weight is 477 g/mol. The Kier molecular flexibility index (Phi) is 5.89. The molecule has 7 nitrogen and oxygen atoms in total. The molecule has 0 atom stereocenters. The lowest BCUT2D eigenvalue weighted by Gasteiger charge is -2.19. The molecule has 10 heteroatoms. The highest BCUT2D eigenvalue weighted by molar-refractivity contribution is 7.98. The van der Waals surface area contributed by atoms with Crippen molar-refractivity contribution in [1.29, 1.82) is 0 Å². The van der Waals surface area contributed by atoms with E-state index in [4.69, 9.17) is 0 Å². The van der Waals surface area contributed by atoms with Crippen molar-refractivity contribution < 1.29 is 8.42 Å². The first kappa shape index (κ1) is 21.1. The molecule has 0 bridgehead atoms. The van der Waals surface area contributed by atoms with E-state index in [1.807, 2.05) is 0 Å². The Morgan fingerprint density at radius 3 is 2.65 bits per heavy atom. The van der Waals surface area contributed by atoms with Crippen molar-refractivity contribution in [1.82, 2.24) is 19.3 Å². The standard InChI is InChI=1S/C21H24N4O3S3/c26-20-19-15-6-5-7-16(15)30-21(19)24-17(23-20)13-29-18-9-8-14(12-22-18)31(27,28)25-10-3-1-2-4-11-25/h8-9,12H,1-7,10-11,13H2,(H,23,24,26). The fourth-order valence-electron chi connectivity index (χ4n) is 4.29. The quantitative estimate of drug-likeness (QED) is 0.564. The van der Waals surface area contributed by atoms with Crippen molar-refractivity contribution in [2.24, 2.45) is 0 Å². The highest BCUT2D eigenvalue weighted by Crippen LogP contribution is 2.34. The van der Waals surface area contributed by atoms with Crippen LogP contribution in [0.25, 0.3) is 10.2 Å². The first-order valence-electron chi connectivity index (χ1n) is 10.6. The molecule has 3 aromatic rings. The van der Waals surface area contributed by atoms with Gasteiger partial charge in [0, 0.05) is 24.2 Å². The van der Waals surface area contributed by atoms with Gasteiger partial charge in [0.1, 0.15) is 15.6 Å². The molecule has 31 heavy (non-hydrogen) atoms. The molecule has 0 unspecified atom stereocenters. The van der Waals surface area contributed by atoms with Gasteiger partial charge in [-0.15, -0.1) is 11.3 Å². The van der Waals surface area contributed by atoms with Gasteiger partial charge in [0.25, 0.3) is 5.56 Å². The lowest BCUT2D eigenvalue weighted by molar-refractivity contribution is 0.423. The molecule has 0 spiro atoms. The Bertz CT molecular complexity index is 1260. The first-order chi connectivity index (χ1) is 15.0. The second kappa shape index (κ2) is 8.65. The van der Waals surface area contributed by atoms with Crippen LogP contribution in [0.15, 0.2) is 33.0 Å². The molecule has 1 saturated heterocycles. The summed E-state index contributed by atoms with van der Waals surface area (Å²) in [6.07, 6.45) is 8.52. The number of pyridine rings is 1. The molecule has 1 N–H and O–H groups in total. The summed E-state index contributed by atoms with van der Waals surface area (Å²) in [7, 11) is -3.49. The zero-order chi connectivity index (χ0) is 21.4. The second-order valence-electron chi connectivity index (χ2n) is 7.99. The van der Waals surface area contributed by atoms with Gasteiger partial charge in [0.15, 0.2) is 0 Å². The van der Waals surface area contributed by atoms with Crippen molar-refractivity contribution in [3.05, 3.63) is 44.9 Å². The number of H-pyrrole nitrogens is 1. The number of fused-ring (bicyclic) bond motifs is 3. The van der Waals surface area contributed by atoms with E-state index in [0.717, 1.165) is 55.2 Å². The van der Waals surface area contributed by atoms with Crippen molar-refractivity contribution in [2.45, 2.75) is 60.6 Å². The van der Waals surface area contributed by atoms with Gasteiger partial charge in [-0.1, -0.05) is 24.6 Å². The van der Waals surface area contributed by atoms with Crippen LogP contribution in [-0.4, -0.2) is 40.8 Å². The highest BCUT2D eigenvalue weighted by atomic mass is 32.2. The molecule has 0 radical (unpaired) electrons. The van der Waals surface area contributed by atoms with Gasteiger partial charge in [-0.3, -0.25) is 4.79 Å². The van der Waals surface area contributed by atoms with E-state index in [0.29, 0.717) is 29.7 Å². The molecule has 164 valence electrons. The zero-order valence-electron chi connectivity index (χ0n) is 17.1. The number of hydrogen-bond donors (Lipinski definition) is 1. The number of nitrogens with zero attached hydrogens (tertiary/aromatic N) is 3. The number of aromatic amines is 1. The summed E-state index contributed by atoms with van der Waals surface area (Å²) in [5, 5.41) is 1.46. The maximum absolute atomic E-state index is 12.9. The Morgan fingerprint density at radius 1 is 1.10 bits per heavy atom. The van der Waals surface area contributed by atoms with Crippen molar-refractivity contribution in [3.63, 3.8) is 0 Å². The van der Waals surface area contributed by atoms with Gasteiger partial charge < -0.3 is 4.98 Å². The Balaban J connectivity index is 1.30. The molecular formula is C21H24N4O3S3. The minimum absolute atomic E-state index is 0.0631. The summed E-state index contributed by atoms with van der Waals surface area (Å²) in [6, 6.07) is 3.35. The molecule has 1 aliphatic carbocycles. The lowest BCUT2D eigenvalue weighted by Crippen LogP contribution is -2.32. The number of aromatic nitrogens is 3. The third kappa shape index (κ3) is 4.18. The molecule has 1 aliphatic heterocycles. The smallest absolute Gasteiger partial charge is 0.259 e. The van der Waals surface area contributed by atoms with Crippen LogP contribution in [0.1, 0.15) is 48.4 Å². The largest absolute Gasteiger partial charge is 0.309 e. The maximum Gasteiger partial charge on any atom is 0.259 e. The number of nitrogens with one attached hydrogen (secondary N) is 1. The average Bonchev–Trinajstić information content (AvgIpc) is 3.22. The van der Waals surface area contributed by atoms with Crippen LogP contribution in [0, 0.1) is 0 Å². The minimum atomic E-state index is -3.49. The fraction of sp³-hybridized carbons (Fsp3) is 0.476. The summed E-state index contributed by atoms with van der Waals surface area (Å²) in [5.74, 6) is 1.09. The summed E-state index contributed by atoms with van der Waals surface area (Å²) in [4.78, 5) is 26.8. The molecule has 4 heterocycles. The first-order valence-corrected chi connectivity index (χ1v) is 13.9. The Hall–Kier alpha value is -1.75. The van der Waals surface area contributed by atoms with Gasteiger partial charge in [0.05, 0.1) is 16.2 Å². The predicted molar refractivity (Wildman–Crippen MR) is 123 cm³/mol.